The van der Waals surface area contributed by atoms with E-state index in [0.717, 1.165) is 24.5 Å². The standard InChI is InChI=1S/C20H25N3O3S2/c24-18(6-2-1-4-14-9-11-27-28-14)21-13-7-8-16-15(12-13)20(26)23-10-3-5-17(23)19(25)22-16/h7-8,12,14,17H,1-6,9-11H2,(H,21,24)(H,22,25)/t14?,17-/m0/s1. The number of unbranched alkanes of at least 4 members (excludes halogenated alkanes) is 1. The third-order valence-electron chi connectivity index (χ3n) is 5.52. The zero-order valence-electron chi connectivity index (χ0n) is 15.7. The second-order valence-electron chi connectivity index (χ2n) is 7.53. The average Bonchev–Trinajstić information content (AvgIpc) is 3.36. The van der Waals surface area contributed by atoms with Gasteiger partial charge in [0.05, 0.1) is 11.3 Å². The van der Waals surface area contributed by atoms with Crippen molar-refractivity contribution in [1.82, 2.24) is 4.90 Å². The van der Waals surface area contributed by atoms with Crippen LogP contribution in [0.1, 0.15) is 55.3 Å². The van der Waals surface area contributed by atoms with E-state index in [1.807, 2.05) is 21.6 Å². The smallest absolute Gasteiger partial charge is 0.256 e. The maximum absolute atomic E-state index is 12.9. The first kappa shape index (κ1) is 19.6. The number of benzene rings is 1. The zero-order valence-corrected chi connectivity index (χ0v) is 17.4. The summed E-state index contributed by atoms with van der Waals surface area (Å²) in [6.07, 6.45) is 6.43. The topological polar surface area (TPSA) is 78.5 Å². The zero-order chi connectivity index (χ0) is 19.5. The van der Waals surface area contributed by atoms with Crippen molar-refractivity contribution in [2.75, 3.05) is 22.9 Å². The number of carbonyl (C=O) groups excluding carboxylic acids is 3. The molecule has 3 aliphatic rings. The Morgan fingerprint density at radius 1 is 1.25 bits per heavy atom. The molecule has 2 fully saturated rings. The van der Waals surface area contributed by atoms with Crippen LogP contribution < -0.4 is 10.6 Å². The van der Waals surface area contributed by atoms with Crippen LogP contribution in [0.4, 0.5) is 11.4 Å². The van der Waals surface area contributed by atoms with Crippen molar-refractivity contribution in [2.24, 2.45) is 0 Å². The molecule has 0 saturated carbocycles. The van der Waals surface area contributed by atoms with Gasteiger partial charge in [-0.05, 0) is 50.3 Å². The molecule has 0 aliphatic carbocycles. The lowest BCUT2D eigenvalue weighted by atomic mass is 10.1. The molecule has 0 bridgehead atoms. The first-order valence-corrected chi connectivity index (χ1v) is 12.3. The third-order valence-corrected chi connectivity index (χ3v) is 8.52. The van der Waals surface area contributed by atoms with Gasteiger partial charge in [0.2, 0.25) is 11.8 Å². The predicted octanol–water partition coefficient (Wildman–Crippen LogP) is 3.90. The summed E-state index contributed by atoms with van der Waals surface area (Å²) in [6, 6.07) is 4.75. The monoisotopic (exact) mass is 419 g/mol. The maximum atomic E-state index is 12.9. The van der Waals surface area contributed by atoms with E-state index in [0.29, 0.717) is 36.3 Å². The minimum absolute atomic E-state index is 0.0300. The van der Waals surface area contributed by atoms with E-state index in [1.54, 1.807) is 23.1 Å². The summed E-state index contributed by atoms with van der Waals surface area (Å²) in [5, 5.41) is 6.50. The number of nitrogens with zero attached hydrogens (tertiary/aromatic N) is 1. The minimum atomic E-state index is -0.380. The van der Waals surface area contributed by atoms with Gasteiger partial charge in [-0.25, -0.2) is 0 Å². The molecule has 2 saturated heterocycles. The van der Waals surface area contributed by atoms with Gasteiger partial charge in [0.25, 0.3) is 5.91 Å². The van der Waals surface area contributed by atoms with E-state index >= 15 is 0 Å². The number of anilines is 2. The number of nitrogens with one attached hydrogen (secondary N) is 2. The molecule has 0 radical (unpaired) electrons. The van der Waals surface area contributed by atoms with Gasteiger partial charge in [-0.1, -0.05) is 28.0 Å². The fraction of sp³-hybridized carbons (Fsp3) is 0.550. The van der Waals surface area contributed by atoms with Crippen molar-refractivity contribution in [2.45, 2.75) is 56.2 Å². The van der Waals surface area contributed by atoms with Gasteiger partial charge in [-0.15, -0.1) is 0 Å². The van der Waals surface area contributed by atoms with Crippen molar-refractivity contribution < 1.29 is 14.4 Å². The summed E-state index contributed by atoms with van der Waals surface area (Å²) in [4.78, 5) is 39.1. The molecule has 1 aromatic rings. The Bertz CT molecular complexity index is 780. The van der Waals surface area contributed by atoms with Crippen LogP contribution in [0.15, 0.2) is 18.2 Å². The number of fused-ring (bicyclic) bond motifs is 2. The summed E-state index contributed by atoms with van der Waals surface area (Å²) in [7, 11) is 3.92. The number of hydrogen-bond donors (Lipinski definition) is 2. The number of rotatable bonds is 6. The molecule has 3 amide bonds. The fourth-order valence-electron chi connectivity index (χ4n) is 4.01. The van der Waals surface area contributed by atoms with Crippen LogP contribution in [0.25, 0.3) is 0 Å². The number of carbonyl (C=O) groups is 3. The molecule has 150 valence electrons. The Labute approximate surface area is 173 Å². The van der Waals surface area contributed by atoms with Gasteiger partial charge in [0.1, 0.15) is 6.04 Å². The Kier molecular flexibility index (Phi) is 6.16. The highest BCUT2D eigenvalue weighted by Crippen LogP contribution is 2.40. The summed E-state index contributed by atoms with van der Waals surface area (Å²) < 4.78 is 0. The van der Waals surface area contributed by atoms with E-state index in [2.05, 4.69) is 10.6 Å². The van der Waals surface area contributed by atoms with Crippen LogP contribution >= 0.6 is 21.6 Å². The minimum Gasteiger partial charge on any atom is -0.327 e. The first-order valence-electron chi connectivity index (χ1n) is 9.96. The summed E-state index contributed by atoms with van der Waals surface area (Å²) in [5.74, 6) is 0.947. The predicted molar refractivity (Wildman–Crippen MR) is 115 cm³/mol. The lowest BCUT2D eigenvalue weighted by molar-refractivity contribution is -0.119. The SMILES string of the molecule is O=C(CCCCC1CCSS1)Nc1ccc2c(c1)C(=O)N1CCC[C@H]1C(=O)N2. The highest BCUT2D eigenvalue weighted by Gasteiger charge is 2.38. The molecule has 6 nitrogen and oxygen atoms in total. The summed E-state index contributed by atoms with van der Waals surface area (Å²) in [6.45, 7) is 0.602. The van der Waals surface area contributed by atoms with E-state index in [4.69, 9.17) is 0 Å². The molecule has 2 N–H and O–H groups in total. The Morgan fingerprint density at radius 2 is 2.14 bits per heavy atom. The molecular formula is C20H25N3O3S2. The Hall–Kier alpha value is -1.67. The van der Waals surface area contributed by atoms with Crippen LogP contribution in [0.5, 0.6) is 0 Å². The molecule has 0 aromatic heterocycles. The van der Waals surface area contributed by atoms with Crippen molar-refractivity contribution in [3.05, 3.63) is 23.8 Å². The van der Waals surface area contributed by atoms with Gasteiger partial charge < -0.3 is 15.5 Å². The van der Waals surface area contributed by atoms with E-state index in [-0.39, 0.29) is 23.8 Å². The molecule has 3 heterocycles. The lowest BCUT2D eigenvalue weighted by Gasteiger charge is -2.20. The number of hydrogen-bond acceptors (Lipinski definition) is 5. The van der Waals surface area contributed by atoms with Crippen molar-refractivity contribution >= 4 is 50.7 Å². The molecule has 4 rings (SSSR count). The highest BCUT2D eigenvalue weighted by molar-refractivity contribution is 8.77. The van der Waals surface area contributed by atoms with Gasteiger partial charge in [0.15, 0.2) is 0 Å². The molecule has 1 aromatic carbocycles. The van der Waals surface area contributed by atoms with Gasteiger partial charge >= 0.3 is 0 Å². The van der Waals surface area contributed by atoms with Crippen LogP contribution in [-0.2, 0) is 9.59 Å². The van der Waals surface area contributed by atoms with Gasteiger partial charge in [0, 0.05) is 29.7 Å². The normalized spacial score (nSPS) is 23.8. The van der Waals surface area contributed by atoms with Gasteiger partial charge in [-0.3, -0.25) is 14.4 Å². The second kappa shape index (κ2) is 8.78. The van der Waals surface area contributed by atoms with Crippen LogP contribution in [0, 0.1) is 0 Å². The van der Waals surface area contributed by atoms with Crippen LogP contribution in [0.2, 0.25) is 0 Å². The van der Waals surface area contributed by atoms with E-state index < -0.39 is 0 Å². The Morgan fingerprint density at radius 3 is 2.96 bits per heavy atom. The summed E-state index contributed by atoms with van der Waals surface area (Å²) >= 11 is 0. The highest BCUT2D eigenvalue weighted by atomic mass is 33.1. The lowest BCUT2D eigenvalue weighted by Crippen LogP contribution is -2.40. The van der Waals surface area contributed by atoms with Crippen molar-refractivity contribution in [3.8, 4) is 0 Å². The van der Waals surface area contributed by atoms with Crippen molar-refractivity contribution in [3.63, 3.8) is 0 Å². The molecule has 8 heteroatoms. The fourth-order valence-corrected chi connectivity index (χ4v) is 7.03. The largest absolute Gasteiger partial charge is 0.327 e. The molecule has 28 heavy (non-hydrogen) atoms. The molecule has 1 unspecified atom stereocenters. The quantitative estimate of drug-likeness (QED) is 0.540. The van der Waals surface area contributed by atoms with Gasteiger partial charge in [-0.2, -0.15) is 0 Å². The average molecular weight is 420 g/mol. The Balaban J connectivity index is 1.34. The molecule has 3 aliphatic heterocycles. The van der Waals surface area contributed by atoms with Crippen LogP contribution in [-0.4, -0.2) is 46.2 Å². The third kappa shape index (κ3) is 4.33. The van der Waals surface area contributed by atoms with Crippen molar-refractivity contribution in [1.29, 1.82) is 0 Å². The molecule has 0 spiro atoms. The van der Waals surface area contributed by atoms with Crippen LogP contribution in [0.3, 0.4) is 0 Å². The first-order chi connectivity index (χ1) is 13.6. The van der Waals surface area contributed by atoms with E-state index in [1.165, 1.54) is 18.6 Å². The number of amides is 3. The summed E-state index contributed by atoms with van der Waals surface area (Å²) in [5.41, 5.74) is 1.58. The molecular weight excluding hydrogens is 394 g/mol. The molecule has 2 atom stereocenters. The second-order valence-corrected chi connectivity index (χ2v) is 10.3. The maximum Gasteiger partial charge on any atom is 0.256 e. The van der Waals surface area contributed by atoms with E-state index in [9.17, 15) is 14.4 Å².